The molecule has 6 heteroatoms. The minimum Gasteiger partial charge on any atom is -0.321 e. The number of nitrogens with zero attached hydrogens (tertiary/aromatic N) is 2. The summed E-state index contributed by atoms with van der Waals surface area (Å²) in [6, 6.07) is 17.2. The van der Waals surface area contributed by atoms with Crippen molar-refractivity contribution in [2.75, 3.05) is 5.32 Å². The molecule has 0 unspecified atom stereocenters. The Bertz CT molecular complexity index is 1090. The molecule has 0 bridgehead atoms. The van der Waals surface area contributed by atoms with E-state index in [1.54, 1.807) is 0 Å². The lowest BCUT2D eigenvalue weighted by Crippen LogP contribution is -2.09. The summed E-state index contributed by atoms with van der Waals surface area (Å²) in [5, 5.41) is 9.19. The van der Waals surface area contributed by atoms with Gasteiger partial charge < -0.3 is 5.32 Å². The van der Waals surface area contributed by atoms with Crippen LogP contribution in [0.2, 0.25) is 5.02 Å². The Labute approximate surface area is 160 Å². The van der Waals surface area contributed by atoms with Gasteiger partial charge in [0, 0.05) is 28.7 Å². The van der Waals surface area contributed by atoms with Crippen LogP contribution in [-0.4, -0.2) is 15.7 Å². The molecular weight excluding hydrogens is 366 g/mol. The highest BCUT2D eigenvalue weighted by atomic mass is 35.5. The fraction of sp³-hybridized carbons (Fsp3) is 0.100. The van der Waals surface area contributed by atoms with Gasteiger partial charge in [-0.3, -0.25) is 9.48 Å². The van der Waals surface area contributed by atoms with Crippen molar-refractivity contribution in [2.45, 2.75) is 6.92 Å². The monoisotopic (exact) mass is 381 g/mol. The maximum atomic E-state index is 12.6. The van der Waals surface area contributed by atoms with Crippen molar-refractivity contribution >= 4 is 44.7 Å². The highest BCUT2D eigenvalue weighted by Crippen LogP contribution is 2.34. The summed E-state index contributed by atoms with van der Waals surface area (Å²) in [7, 11) is 1.89. The van der Waals surface area contributed by atoms with Crippen LogP contribution in [0.3, 0.4) is 0 Å². The molecule has 0 aliphatic heterocycles. The van der Waals surface area contributed by atoms with Crippen molar-refractivity contribution < 1.29 is 4.79 Å². The second-order valence-electron chi connectivity index (χ2n) is 6.13. The summed E-state index contributed by atoms with van der Waals surface area (Å²) in [6.45, 7) is 2.02. The van der Waals surface area contributed by atoms with E-state index in [9.17, 15) is 4.79 Å². The highest BCUT2D eigenvalue weighted by Gasteiger charge is 2.18. The molecule has 0 atom stereocenters. The smallest absolute Gasteiger partial charge is 0.265 e. The van der Waals surface area contributed by atoms with E-state index in [2.05, 4.69) is 10.4 Å². The van der Waals surface area contributed by atoms with E-state index in [0.717, 1.165) is 32.7 Å². The molecule has 2 aromatic carbocycles. The molecular formula is C20H16ClN3OS. The first-order chi connectivity index (χ1) is 12.5. The van der Waals surface area contributed by atoms with E-state index in [-0.39, 0.29) is 5.91 Å². The Morgan fingerprint density at radius 3 is 2.50 bits per heavy atom. The third-order valence-electron chi connectivity index (χ3n) is 4.16. The quantitative estimate of drug-likeness (QED) is 0.508. The van der Waals surface area contributed by atoms with Crippen LogP contribution in [-0.2, 0) is 7.05 Å². The van der Waals surface area contributed by atoms with Crippen molar-refractivity contribution in [3.05, 3.63) is 70.1 Å². The first-order valence-corrected chi connectivity index (χ1v) is 9.31. The van der Waals surface area contributed by atoms with Crippen LogP contribution in [0.5, 0.6) is 0 Å². The molecule has 0 aliphatic carbocycles. The number of amides is 1. The van der Waals surface area contributed by atoms with Crippen molar-refractivity contribution in [2.24, 2.45) is 7.05 Å². The van der Waals surface area contributed by atoms with Crippen LogP contribution in [0, 0.1) is 6.92 Å². The third kappa shape index (κ3) is 3.11. The zero-order chi connectivity index (χ0) is 18.3. The Kier molecular flexibility index (Phi) is 4.26. The number of halogens is 1. The Morgan fingerprint density at radius 1 is 1.12 bits per heavy atom. The van der Waals surface area contributed by atoms with Crippen molar-refractivity contribution in [3.8, 4) is 11.3 Å². The van der Waals surface area contributed by atoms with Crippen LogP contribution >= 0.6 is 22.9 Å². The van der Waals surface area contributed by atoms with E-state index >= 15 is 0 Å². The number of benzene rings is 2. The zero-order valence-corrected chi connectivity index (χ0v) is 15.9. The topological polar surface area (TPSA) is 46.9 Å². The van der Waals surface area contributed by atoms with Gasteiger partial charge in [-0.1, -0.05) is 41.4 Å². The molecule has 1 N–H and O–H groups in total. The fourth-order valence-corrected chi connectivity index (χ4v) is 3.90. The molecule has 0 saturated carbocycles. The maximum Gasteiger partial charge on any atom is 0.265 e. The number of carbonyl (C=O) groups excluding carboxylic acids is 1. The standard InChI is InChI=1S/C20H16ClN3OS/c1-12-3-9-15(10-4-12)22-19(25)17-11-16-18(23-24(2)20(16)26-17)13-5-7-14(21)8-6-13/h3-11H,1-2H3,(H,22,25). The molecule has 1 amide bonds. The normalized spacial score (nSPS) is 11.0. The van der Waals surface area contributed by atoms with Crippen molar-refractivity contribution in [1.82, 2.24) is 9.78 Å². The van der Waals surface area contributed by atoms with E-state index in [4.69, 9.17) is 11.6 Å². The van der Waals surface area contributed by atoms with Gasteiger partial charge in [-0.05, 0) is 37.3 Å². The predicted molar refractivity (Wildman–Crippen MR) is 108 cm³/mol. The maximum absolute atomic E-state index is 12.6. The van der Waals surface area contributed by atoms with E-state index < -0.39 is 0 Å². The Balaban J connectivity index is 1.69. The highest BCUT2D eigenvalue weighted by molar-refractivity contribution is 7.20. The molecule has 2 heterocycles. The van der Waals surface area contributed by atoms with Crippen LogP contribution in [0.1, 0.15) is 15.2 Å². The number of aromatic nitrogens is 2. The lowest BCUT2D eigenvalue weighted by Gasteiger charge is -2.03. The molecule has 0 aliphatic rings. The third-order valence-corrected chi connectivity index (χ3v) is 5.62. The zero-order valence-electron chi connectivity index (χ0n) is 14.3. The van der Waals surface area contributed by atoms with E-state index in [1.807, 2.05) is 73.3 Å². The first-order valence-electron chi connectivity index (χ1n) is 8.12. The number of thiophene rings is 1. The van der Waals surface area contributed by atoms with E-state index in [1.165, 1.54) is 11.3 Å². The molecule has 4 nitrogen and oxygen atoms in total. The van der Waals surface area contributed by atoms with Crippen molar-refractivity contribution in [1.29, 1.82) is 0 Å². The van der Waals surface area contributed by atoms with Crippen LogP contribution in [0.4, 0.5) is 5.69 Å². The van der Waals surface area contributed by atoms with Gasteiger partial charge in [-0.2, -0.15) is 5.10 Å². The van der Waals surface area contributed by atoms with Gasteiger partial charge in [0.25, 0.3) is 5.91 Å². The van der Waals surface area contributed by atoms with Crippen LogP contribution < -0.4 is 5.32 Å². The molecule has 4 rings (SSSR count). The SMILES string of the molecule is Cc1ccc(NC(=O)c2cc3c(-c4ccc(Cl)cc4)nn(C)c3s2)cc1. The summed E-state index contributed by atoms with van der Waals surface area (Å²) in [6.07, 6.45) is 0. The fourth-order valence-electron chi connectivity index (χ4n) is 2.80. The summed E-state index contributed by atoms with van der Waals surface area (Å²) < 4.78 is 1.81. The first kappa shape index (κ1) is 16.8. The number of nitrogens with one attached hydrogen (secondary N) is 1. The lowest BCUT2D eigenvalue weighted by atomic mass is 10.1. The van der Waals surface area contributed by atoms with Gasteiger partial charge in [-0.25, -0.2) is 0 Å². The number of rotatable bonds is 3. The van der Waals surface area contributed by atoms with Gasteiger partial charge in [-0.15, -0.1) is 11.3 Å². The van der Waals surface area contributed by atoms with Crippen molar-refractivity contribution in [3.63, 3.8) is 0 Å². The number of hydrogen-bond donors (Lipinski definition) is 1. The molecule has 0 spiro atoms. The van der Waals surface area contributed by atoms with Gasteiger partial charge in [0.1, 0.15) is 10.5 Å². The Morgan fingerprint density at radius 2 is 1.81 bits per heavy atom. The van der Waals surface area contributed by atoms with Gasteiger partial charge in [0.05, 0.1) is 4.88 Å². The second kappa shape index (κ2) is 6.59. The number of hydrogen-bond acceptors (Lipinski definition) is 3. The molecule has 130 valence electrons. The van der Waals surface area contributed by atoms with Gasteiger partial charge in [0.2, 0.25) is 0 Å². The molecule has 26 heavy (non-hydrogen) atoms. The summed E-state index contributed by atoms with van der Waals surface area (Å²) in [5.41, 5.74) is 3.77. The molecule has 0 radical (unpaired) electrons. The summed E-state index contributed by atoms with van der Waals surface area (Å²) in [4.78, 5) is 14.2. The molecule has 0 saturated heterocycles. The largest absolute Gasteiger partial charge is 0.321 e. The van der Waals surface area contributed by atoms with E-state index in [0.29, 0.717) is 9.90 Å². The molecule has 2 aromatic heterocycles. The predicted octanol–water partition coefficient (Wildman–Crippen LogP) is 5.52. The lowest BCUT2D eigenvalue weighted by molar-refractivity contribution is 0.103. The summed E-state index contributed by atoms with van der Waals surface area (Å²) in [5.74, 6) is -0.114. The average molecular weight is 382 g/mol. The van der Waals surface area contributed by atoms with Crippen LogP contribution in [0.15, 0.2) is 54.6 Å². The summed E-state index contributed by atoms with van der Waals surface area (Å²) >= 11 is 7.41. The van der Waals surface area contributed by atoms with Gasteiger partial charge in [0.15, 0.2) is 0 Å². The number of aryl methyl sites for hydroxylation is 2. The van der Waals surface area contributed by atoms with Crippen LogP contribution in [0.25, 0.3) is 21.5 Å². The molecule has 4 aromatic rings. The number of carbonyl (C=O) groups is 1. The second-order valence-corrected chi connectivity index (χ2v) is 7.60. The Hall–Kier alpha value is -2.63. The average Bonchev–Trinajstić information content (AvgIpc) is 3.19. The minimum atomic E-state index is -0.114. The number of fused-ring (bicyclic) bond motifs is 1. The number of anilines is 1. The van der Waals surface area contributed by atoms with Gasteiger partial charge >= 0.3 is 0 Å². The molecule has 0 fully saturated rings. The minimum absolute atomic E-state index is 0.114.